The fourth-order valence-electron chi connectivity index (χ4n) is 1.64. The van der Waals surface area contributed by atoms with Gasteiger partial charge in [0.2, 0.25) is 0 Å². The molecule has 0 amide bonds. The van der Waals surface area contributed by atoms with Gasteiger partial charge >= 0.3 is 0 Å². The van der Waals surface area contributed by atoms with E-state index in [-0.39, 0.29) is 11.7 Å². The molecule has 0 fully saturated rings. The molecule has 1 atom stereocenters. The van der Waals surface area contributed by atoms with Crippen molar-refractivity contribution in [2.24, 2.45) is 0 Å². The predicted octanol–water partition coefficient (Wildman–Crippen LogP) is 3.37. The van der Waals surface area contributed by atoms with Crippen molar-refractivity contribution in [1.82, 2.24) is 0 Å². The van der Waals surface area contributed by atoms with Crippen molar-refractivity contribution in [3.8, 4) is 5.75 Å². The number of hydrogen-bond donors (Lipinski definition) is 1. The summed E-state index contributed by atoms with van der Waals surface area (Å²) in [6.45, 7) is 5.74. The molecule has 1 unspecified atom stereocenters. The number of phenolic OH excluding ortho intramolecular Hbond substituents is 1. The SMILES string of the molecule is CCc1c(F)c(O)c(P)c(C(C)C)c1Cl. The van der Waals surface area contributed by atoms with Gasteiger partial charge in [0.1, 0.15) is 0 Å². The van der Waals surface area contributed by atoms with Gasteiger partial charge in [-0.15, -0.1) is 9.24 Å². The van der Waals surface area contributed by atoms with Gasteiger partial charge in [-0.25, -0.2) is 4.39 Å². The molecule has 0 radical (unpaired) electrons. The molecule has 0 bridgehead atoms. The lowest BCUT2D eigenvalue weighted by molar-refractivity contribution is 0.432. The van der Waals surface area contributed by atoms with Crippen LogP contribution in [0.4, 0.5) is 4.39 Å². The van der Waals surface area contributed by atoms with Crippen molar-refractivity contribution in [3.05, 3.63) is 22.0 Å². The Morgan fingerprint density at radius 2 is 2.00 bits per heavy atom. The summed E-state index contributed by atoms with van der Waals surface area (Å²) in [6, 6.07) is 0. The molecule has 1 rings (SSSR count). The fraction of sp³-hybridized carbons (Fsp3) is 0.455. The first kappa shape index (κ1) is 12.7. The van der Waals surface area contributed by atoms with Crippen LogP contribution in [-0.2, 0) is 6.42 Å². The van der Waals surface area contributed by atoms with Crippen LogP contribution in [0, 0.1) is 5.82 Å². The topological polar surface area (TPSA) is 20.2 Å². The van der Waals surface area contributed by atoms with Gasteiger partial charge in [0, 0.05) is 10.9 Å². The van der Waals surface area contributed by atoms with Crippen LogP contribution in [-0.4, -0.2) is 5.11 Å². The Kier molecular flexibility index (Phi) is 3.97. The van der Waals surface area contributed by atoms with E-state index in [4.69, 9.17) is 11.6 Å². The average molecular weight is 249 g/mol. The van der Waals surface area contributed by atoms with Gasteiger partial charge in [-0.2, -0.15) is 0 Å². The zero-order chi connectivity index (χ0) is 11.7. The van der Waals surface area contributed by atoms with Crippen molar-refractivity contribution >= 4 is 26.1 Å². The predicted molar refractivity (Wildman–Crippen MR) is 65.9 cm³/mol. The summed E-state index contributed by atoms with van der Waals surface area (Å²) in [5, 5.41) is 10.5. The largest absolute Gasteiger partial charge is 0.504 e. The second-order valence-corrected chi connectivity index (χ2v) is 4.75. The maximum atomic E-state index is 13.6. The molecule has 0 aliphatic carbocycles. The van der Waals surface area contributed by atoms with E-state index in [2.05, 4.69) is 9.24 Å². The van der Waals surface area contributed by atoms with E-state index in [0.717, 1.165) is 5.56 Å². The lowest BCUT2D eigenvalue weighted by Crippen LogP contribution is -2.10. The van der Waals surface area contributed by atoms with Gasteiger partial charge in [0.05, 0.1) is 5.02 Å². The van der Waals surface area contributed by atoms with Crippen LogP contribution in [0.25, 0.3) is 0 Å². The highest BCUT2D eigenvalue weighted by Crippen LogP contribution is 2.34. The third-order valence-corrected chi connectivity index (χ3v) is 3.47. The third kappa shape index (κ3) is 2.11. The van der Waals surface area contributed by atoms with Gasteiger partial charge in [0.15, 0.2) is 11.6 Å². The summed E-state index contributed by atoms with van der Waals surface area (Å²) >= 11 is 6.12. The molecule has 0 heterocycles. The molecule has 15 heavy (non-hydrogen) atoms. The lowest BCUT2D eigenvalue weighted by atomic mass is 9.98. The van der Waals surface area contributed by atoms with E-state index in [0.29, 0.717) is 22.3 Å². The number of phenols is 1. The van der Waals surface area contributed by atoms with Crippen LogP contribution in [0.15, 0.2) is 0 Å². The van der Waals surface area contributed by atoms with E-state index in [1.807, 2.05) is 20.8 Å². The van der Waals surface area contributed by atoms with E-state index in [1.54, 1.807) is 0 Å². The summed E-state index contributed by atoms with van der Waals surface area (Å²) in [4.78, 5) is 0. The normalized spacial score (nSPS) is 11.1. The molecule has 1 N–H and O–H groups in total. The fourth-order valence-corrected chi connectivity index (χ4v) is 2.87. The second kappa shape index (κ2) is 4.67. The Morgan fingerprint density at radius 3 is 2.40 bits per heavy atom. The van der Waals surface area contributed by atoms with Gasteiger partial charge in [-0.3, -0.25) is 0 Å². The molecule has 0 saturated heterocycles. The number of benzene rings is 1. The maximum Gasteiger partial charge on any atom is 0.170 e. The highest BCUT2D eigenvalue weighted by atomic mass is 35.5. The van der Waals surface area contributed by atoms with Crippen molar-refractivity contribution in [2.45, 2.75) is 33.1 Å². The zero-order valence-corrected chi connectivity index (χ0v) is 11.0. The molecular formula is C11H15ClFOP. The summed E-state index contributed by atoms with van der Waals surface area (Å²) in [5.74, 6) is -0.747. The quantitative estimate of drug-likeness (QED) is 0.796. The first-order valence-corrected chi connectivity index (χ1v) is 5.85. The first-order valence-electron chi connectivity index (χ1n) is 4.89. The number of aromatic hydroxyl groups is 1. The Hall–Kier alpha value is -0.330. The summed E-state index contributed by atoms with van der Waals surface area (Å²) < 4.78 is 13.6. The lowest BCUT2D eigenvalue weighted by Gasteiger charge is -2.17. The van der Waals surface area contributed by atoms with Crippen molar-refractivity contribution < 1.29 is 9.50 Å². The molecular weight excluding hydrogens is 234 g/mol. The molecule has 0 aliphatic rings. The van der Waals surface area contributed by atoms with Gasteiger partial charge in [-0.05, 0) is 17.9 Å². The Balaban J connectivity index is 3.60. The molecule has 4 heteroatoms. The van der Waals surface area contributed by atoms with Crippen LogP contribution in [0.3, 0.4) is 0 Å². The highest BCUT2D eigenvalue weighted by Gasteiger charge is 2.21. The molecule has 1 aromatic rings. The second-order valence-electron chi connectivity index (χ2n) is 3.79. The van der Waals surface area contributed by atoms with E-state index in [1.165, 1.54) is 0 Å². The van der Waals surface area contributed by atoms with Crippen LogP contribution in [0.5, 0.6) is 5.75 Å². The third-order valence-electron chi connectivity index (χ3n) is 2.45. The molecule has 0 spiro atoms. The minimum Gasteiger partial charge on any atom is -0.504 e. The van der Waals surface area contributed by atoms with Crippen LogP contribution in [0.1, 0.15) is 37.8 Å². The van der Waals surface area contributed by atoms with Crippen LogP contribution in [0.2, 0.25) is 5.02 Å². The number of hydrogen-bond acceptors (Lipinski definition) is 1. The summed E-state index contributed by atoms with van der Waals surface area (Å²) in [7, 11) is 2.35. The van der Waals surface area contributed by atoms with Crippen LogP contribution < -0.4 is 5.30 Å². The zero-order valence-electron chi connectivity index (χ0n) is 9.06. The number of rotatable bonds is 2. The van der Waals surface area contributed by atoms with E-state index >= 15 is 0 Å². The van der Waals surface area contributed by atoms with Gasteiger partial charge in [-0.1, -0.05) is 32.4 Å². The number of halogens is 2. The molecule has 0 saturated carbocycles. The molecule has 1 nitrogen and oxygen atoms in total. The van der Waals surface area contributed by atoms with Crippen molar-refractivity contribution in [1.29, 1.82) is 0 Å². The summed E-state index contributed by atoms with van der Waals surface area (Å²) in [6.07, 6.45) is 0.475. The standard InChI is InChI=1S/C11H15ClFOP/c1-4-6-8(12)7(5(2)3)11(15)10(14)9(6)13/h5,14H,4,15H2,1-3H3. The summed E-state index contributed by atoms with van der Waals surface area (Å²) in [5.41, 5.74) is 1.20. The molecule has 1 aromatic carbocycles. The molecule has 0 aliphatic heterocycles. The van der Waals surface area contributed by atoms with E-state index in [9.17, 15) is 9.50 Å². The smallest absolute Gasteiger partial charge is 0.170 e. The molecule has 84 valence electrons. The maximum absolute atomic E-state index is 13.6. The molecule has 0 aromatic heterocycles. The van der Waals surface area contributed by atoms with E-state index < -0.39 is 5.82 Å². The monoisotopic (exact) mass is 248 g/mol. The van der Waals surface area contributed by atoms with Crippen LogP contribution >= 0.6 is 20.8 Å². The average Bonchev–Trinajstić information content (AvgIpc) is 2.15. The van der Waals surface area contributed by atoms with Crippen molar-refractivity contribution in [2.75, 3.05) is 0 Å². The van der Waals surface area contributed by atoms with Gasteiger partial charge in [0.25, 0.3) is 0 Å². The minimum absolute atomic E-state index is 0.154. The van der Waals surface area contributed by atoms with Crippen molar-refractivity contribution in [3.63, 3.8) is 0 Å². The first-order chi connectivity index (χ1) is 6.91. The Bertz CT molecular complexity index is 391. The Morgan fingerprint density at radius 1 is 1.47 bits per heavy atom. The minimum atomic E-state index is -0.600. The van der Waals surface area contributed by atoms with Gasteiger partial charge < -0.3 is 5.11 Å². The highest BCUT2D eigenvalue weighted by molar-refractivity contribution is 7.28. The Labute approximate surface area is 96.8 Å².